The van der Waals surface area contributed by atoms with Crippen molar-refractivity contribution in [3.8, 4) is 0 Å². The first-order chi connectivity index (χ1) is 8.44. The van der Waals surface area contributed by atoms with Gasteiger partial charge in [-0.15, -0.1) is 0 Å². The van der Waals surface area contributed by atoms with E-state index in [9.17, 15) is 17.6 Å². The second-order valence-corrected chi connectivity index (χ2v) is 4.02. The van der Waals surface area contributed by atoms with Crippen molar-refractivity contribution >= 4 is 10.8 Å². The zero-order valence-corrected chi connectivity index (χ0v) is 9.29. The summed E-state index contributed by atoms with van der Waals surface area (Å²) in [7, 11) is 0. The molecule has 0 aliphatic heterocycles. The predicted octanol–water partition coefficient (Wildman–Crippen LogP) is 3.74. The maximum absolute atomic E-state index is 13.3. The highest BCUT2D eigenvalue weighted by Gasteiger charge is 2.47. The minimum atomic E-state index is -4.25. The number of fused-ring (bicyclic) bond motifs is 1. The average molecular weight is 257 g/mol. The fraction of sp³-hybridized carbons (Fsp3) is 0.231. The second kappa shape index (κ2) is 4.57. The highest BCUT2D eigenvalue weighted by Crippen LogP contribution is 2.37. The van der Waals surface area contributed by atoms with E-state index >= 15 is 0 Å². The molecule has 0 aliphatic carbocycles. The summed E-state index contributed by atoms with van der Waals surface area (Å²) in [4.78, 5) is 0. The molecule has 18 heavy (non-hydrogen) atoms. The van der Waals surface area contributed by atoms with Gasteiger partial charge in [-0.3, -0.25) is 0 Å². The summed E-state index contributed by atoms with van der Waals surface area (Å²) in [5, 5.41) is 1.16. The van der Waals surface area contributed by atoms with Crippen molar-refractivity contribution in [2.45, 2.75) is 18.4 Å². The Balaban J connectivity index is 2.55. The van der Waals surface area contributed by atoms with Gasteiger partial charge in [0.2, 0.25) is 0 Å². The fourth-order valence-electron chi connectivity index (χ4n) is 1.86. The molecule has 2 aromatic rings. The molecule has 0 bridgehead atoms. The molecule has 0 amide bonds. The van der Waals surface area contributed by atoms with E-state index in [2.05, 4.69) is 0 Å². The van der Waals surface area contributed by atoms with Crippen LogP contribution in [0, 0.1) is 0 Å². The predicted molar refractivity (Wildman–Crippen MR) is 61.8 cm³/mol. The molecule has 2 aromatic carbocycles. The van der Waals surface area contributed by atoms with E-state index in [4.69, 9.17) is 5.73 Å². The van der Waals surface area contributed by atoms with Crippen LogP contribution in [0.3, 0.4) is 0 Å². The molecule has 96 valence electrons. The van der Waals surface area contributed by atoms with Crippen LogP contribution in [0.15, 0.2) is 42.5 Å². The highest BCUT2D eigenvalue weighted by molar-refractivity contribution is 5.86. The Labute approximate surface area is 101 Å². The summed E-state index contributed by atoms with van der Waals surface area (Å²) in [5.41, 5.74) is 5.34. The van der Waals surface area contributed by atoms with Crippen LogP contribution in [0.4, 0.5) is 17.6 Å². The average Bonchev–Trinajstić information content (AvgIpc) is 2.37. The van der Waals surface area contributed by atoms with Crippen molar-refractivity contribution in [3.05, 3.63) is 48.0 Å². The van der Waals surface area contributed by atoms with Gasteiger partial charge in [-0.05, 0) is 16.3 Å². The maximum atomic E-state index is 13.3. The monoisotopic (exact) mass is 257 g/mol. The van der Waals surface area contributed by atoms with Gasteiger partial charge >= 0.3 is 12.3 Å². The molecule has 1 atom stereocenters. The number of rotatable bonds is 3. The molecule has 0 fully saturated rings. The molecule has 0 saturated heterocycles. The summed E-state index contributed by atoms with van der Waals surface area (Å²) < 4.78 is 51.2. The molecular weight excluding hydrogens is 246 g/mol. The molecular formula is C13H11F4N. The van der Waals surface area contributed by atoms with Crippen molar-refractivity contribution in [1.82, 2.24) is 0 Å². The SMILES string of the molecule is NC(c1cccc2ccccc12)C(F)(F)C(F)F. The van der Waals surface area contributed by atoms with Gasteiger partial charge in [-0.25, -0.2) is 8.78 Å². The van der Waals surface area contributed by atoms with Gasteiger partial charge in [0, 0.05) is 0 Å². The Morgan fingerprint density at radius 3 is 2.22 bits per heavy atom. The highest BCUT2D eigenvalue weighted by atomic mass is 19.3. The molecule has 0 heterocycles. The lowest BCUT2D eigenvalue weighted by Crippen LogP contribution is -2.39. The van der Waals surface area contributed by atoms with E-state index in [1.54, 1.807) is 30.3 Å². The van der Waals surface area contributed by atoms with Crippen LogP contribution < -0.4 is 5.73 Å². The standard InChI is InChI=1S/C13H11F4N/c14-12(15)13(16,17)11(18)10-7-3-5-8-4-1-2-6-9(8)10/h1-7,11-12H,18H2. The van der Waals surface area contributed by atoms with Gasteiger partial charge < -0.3 is 5.73 Å². The summed E-state index contributed by atoms with van der Waals surface area (Å²) in [5.74, 6) is -4.25. The molecule has 2 rings (SSSR count). The normalized spacial score (nSPS) is 14.1. The Morgan fingerprint density at radius 2 is 1.56 bits per heavy atom. The lowest BCUT2D eigenvalue weighted by molar-refractivity contribution is -0.144. The third-order valence-electron chi connectivity index (χ3n) is 2.86. The summed E-state index contributed by atoms with van der Waals surface area (Å²) >= 11 is 0. The summed E-state index contributed by atoms with van der Waals surface area (Å²) in [6.45, 7) is 0. The Bertz CT molecular complexity index is 548. The van der Waals surface area contributed by atoms with Gasteiger partial charge in [-0.2, -0.15) is 8.78 Å². The summed E-state index contributed by atoms with van der Waals surface area (Å²) in [6.07, 6.45) is -3.79. The molecule has 0 saturated carbocycles. The number of nitrogens with two attached hydrogens (primary N) is 1. The van der Waals surface area contributed by atoms with E-state index in [0.29, 0.717) is 10.8 Å². The van der Waals surface area contributed by atoms with E-state index in [1.165, 1.54) is 12.1 Å². The molecule has 5 heteroatoms. The smallest absolute Gasteiger partial charge is 0.319 e. The first kappa shape index (κ1) is 12.8. The number of halogens is 4. The largest absolute Gasteiger partial charge is 0.326 e. The second-order valence-electron chi connectivity index (χ2n) is 4.02. The molecule has 0 aliphatic rings. The van der Waals surface area contributed by atoms with Crippen LogP contribution in [-0.2, 0) is 0 Å². The first-order valence-electron chi connectivity index (χ1n) is 5.34. The van der Waals surface area contributed by atoms with E-state index in [-0.39, 0.29) is 5.56 Å². The summed E-state index contributed by atoms with van der Waals surface area (Å²) in [6, 6.07) is 9.26. The van der Waals surface area contributed by atoms with Crippen molar-refractivity contribution in [1.29, 1.82) is 0 Å². The van der Waals surface area contributed by atoms with Gasteiger partial charge in [0.05, 0.1) is 0 Å². The first-order valence-corrected chi connectivity index (χ1v) is 5.34. The van der Waals surface area contributed by atoms with Crippen molar-refractivity contribution in [3.63, 3.8) is 0 Å². The van der Waals surface area contributed by atoms with Crippen molar-refractivity contribution < 1.29 is 17.6 Å². The molecule has 0 spiro atoms. The van der Waals surface area contributed by atoms with E-state index in [1.807, 2.05) is 0 Å². The number of hydrogen-bond acceptors (Lipinski definition) is 1. The molecule has 2 N–H and O–H groups in total. The fourth-order valence-corrected chi connectivity index (χ4v) is 1.86. The number of benzene rings is 2. The van der Waals surface area contributed by atoms with Crippen molar-refractivity contribution in [2.75, 3.05) is 0 Å². The zero-order chi connectivity index (χ0) is 13.3. The zero-order valence-electron chi connectivity index (χ0n) is 9.29. The van der Waals surface area contributed by atoms with Crippen molar-refractivity contribution in [2.24, 2.45) is 5.73 Å². The van der Waals surface area contributed by atoms with Crippen LogP contribution in [0.25, 0.3) is 10.8 Å². The topological polar surface area (TPSA) is 26.0 Å². The maximum Gasteiger partial charge on any atom is 0.326 e. The minimum Gasteiger partial charge on any atom is -0.319 e. The quantitative estimate of drug-likeness (QED) is 0.833. The molecule has 1 unspecified atom stereocenters. The lowest BCUT2D eigenvalue weighted by atomic mass is 9.95. The van der Waals surface area contributed by atoms with E-state index < -0.39 is 18.4 Å². The van der Waals surface area contributed by atoms with Gasteiger partial charge in [-0.1, -0.05) is 42.5 Å². The third-order valence-corrected chi connectivity index (χ3v) is 2.86. The Hall–Kier alpha value is -1.62. The number of hydrogen-bond donors (Lipinski definition) is 1. The van der Waals surface area contributed by atoms with Crippen LogP contribution in [0.5, 0.6) is 0 Å². The van der Waals surface area contributed by atoms with Gasteiger partial charge in [0.1, 0.15) is 6.04 Å². The third kappa shape index (κ3) is 2.06. The molecule has 0 radical (unpaired) electrons. The van der Waals surface area contributed by atoms with Crippen LogP contribution in [0.2, 0.25) is 0 Å². The lowest BCUT2D eigenvalue weighted by Gasteiger charge is -2.24. The molecule has 0 aromatic heterocycles. The van der Waals surface area contributed by atoms with Crippen LogP contribution in [0.1, 0.15) is 11.6 Å². The van der Waals surface area contributed by atoms with Gasteiger partial charge in [0.25, 0.3) is 0 Å². The van der Waals surface area contributed by atoms with Crippen LogP contribution in [-0.4, -0.2) is 12.3 Å². The Morgan fingerprint density at radius 1 is 0.944 bits per heavy atom. The number of alkyl halides is 4. The minimum absolute atomic E-state index is 0.0263. The van der Waals surface area contributed by atoms with E-state index in [0.717, 1.165) is 0 Å². The van der Waals surface area contributed by atoms with Gasteiger partial charge in [0.15, 0.2) is 0 Å². The van der Waals surface area contributed by atoms with Crippen LogP contribution >= 0.6 is 0 Å². The molecule has 1 nitrogen and oxygen atoms in total. The Kier molecular flexibility index (Phi) is 3.26.